The first kappa shape index (κ1) is 11.8. The molecule has 1 spiro atoms. The molecular formula is C13H13BrO4. The van der Waals surface area contributed by atoms with Gasteiger partial charge in [-0.1, -0.05) is 15.9 Å². The minimum absolute atomic E-state index is 0.0254. The van der Waals surface area contributed by atoms with E-state index in [0.717, 1.165) is 17.3 Å². The van der Waals surface area contributed by atoms with Gasteiger partial charge in [0.15, 0.2) is 11.5 Å². The van der Waals surface area contributed by atoms with Crippen LogP contribution in [-0.4, -0.2) is 24.3 Å². The average molecular weight is 313 g/mol. The molecule has 4 nitrogen and oxygen atoms in total. The summed E-state index contributed by atoms with van der Waals surface area (Å²) in [6, 6.07) is 3.56. The molecule has 1 aromatic carbocycles. The molecule has 1 fully saturated rings. The summed E-state index contributed by atoms with van der Waals surface area (Å²) in [6.07, 6.45) is 2.26. The summed E-state index contributed by atoms with van der Waals surface area (Å²) in [4.78, 5) is 10.8. The van der Waals surface area contributed by atoms with E-state index in [1.54, 1.807) is 12.1 Å². The Bertz CT molecular complexity index is 508. The Labute approximate surface area is 113 Å². The van der Waals surface area contributed by atoms with Crippen molar-refractivity contribution in [1.82, 2.24) is 0 Å². The number of rotatable bonds is 2. The van der Waals surface area contributed by atoms with Gasteiger partial charge in [0.1, 0.15) is 0 Å². The van der Waals surface area contributed by atoms with Gasteiger partial charge in [-0.3, -0.25) is 4.79 Å². The Balaban J connectivity index is 1.90. The number of aliphatic carboxylic acids is 1. The van der Waals surface area contributed by atoms with Crippen LogP contribution < -0.4 is 9.47 Å². The van der Waals surface area contributed by atoms with Crippen LogP contribution in [0.2, 0.25) is 0 Å². The molecule has 0 unspecified atom stereocenters. The van der Waals surface area contributed by atoms with E-state index in [1.807, 2.05) is 0 Å². The second-order valence-corrected chi connectivity index (χ2v) is 5.89. The number of carboxylic acids is 1. The summed E-state index contributed by atoms with van der Waals surface area (Å²) in [6.45, 7) is 1.35. The molecule has 0 saturated heterocycles. The molecule has 5 heteroatoms. The third-order valence-electron chi connectivity index (χ3n) is 3.48. The first-order chi connectivity index (χ1) is 8.58. The van der Waals surface area contributed by atoms with Crippen LogP contribution in [0.15, 0.2) is 16.6 Å². The quantitative estimate of drug-likeness (QED) is 0.912. The summed E-state index contributed by atoms with van der Waals surface area (Å²) < 4.78 is 12.3. The maximum Gasteiger partial charge on any atom is 0.307 e. The summed E-state index contributed by atoms with van der Waals surface area (Å²) >= 11 is 3.37. The summed E-state index contributed by atoms with van der Waals surface area (Å²) in [5.74, 6) is 0.488. The third kappa shape index (κ3) is 2.19. The van der Waals surface area contributed by atoms with E-state index < -0.39 is 5.97 Å². The molecule has 1 N–H and O–H groups in total. The summed E-state index contributed by atoms with van der Waals surface area (Å²) in [5.41, 5.74) is 0.898. The van der Waals surface area contributed by atoms with Gasteiger partial charge in [-0.05, 0) is 30.5 Å². The fraction of sp³-hybridized carbons (Fsp3) is 0.462. The van der Waals surface area contributed by atoms with Gasteiger partial charge < -0.3 is 14.6 Å². The Morgan fingerprint density at radius 3 is 2.44 bits per heavy atom. The number of carboxylic acid groups (broad SMARTS) is 1. The Morgan fingerprint density at radius 1 is 1.28 bits per heavy atom. The smallest absolute Gasteiger partial charge is 0.307 e. The van der Waals surface area contributed by atoms with Crippen molar-refractivity contribution in [3.8, 4) is 11.5 Å². The van der Waals surface area contributed by atoms with Gasteiger partial charge in [0.05, 0.1) is 19.6 Å². The second-order valence-electron chi connectivity index (χ2n) is 5.04. The van der Waals surface area contributed by atoms with Crippen LogP contribution in [0, 0.1) is 5.41 Å². The van der Waals surface area contributed by atoms with Gasteiger partial charge in [0.2, 0.25) is 0 Å². The molecule has 96 valence electrons. The lowest BCUT2D eigenvalue weighted by atomic mass is 10.1. The van der Waals surface area contributed by atoms with Crippen LogP contribution >= 0.6 is 15.9 Å². The van der Waals surface area contributed by atoms with Gasteiger partial charge in [0, 0.05) is 9.89 Å². The maximum absolute atomic E-state index is 10.8. The van der Waals surface area contributed by atoms with Gasteiger partial charge in [-0.2, -0.15) is 0 Å². The van der Waals surface area contributed by atoms with Crippen molar-refractivity contribution in [2.75, 3.05) is 13.2 Å². The lowest BCUT2D eigenvalue weighted by Gasteiger charge is -2.10. The molecule has 1 aromatic rings. The molecule has 0 bridgehead atoms. The van der Waals surface area contributed by atoms with E-state index in [9.17, 15) is 4.79 Å². The second kappa shape index (κ2) is 4.16. The van der Waals surface area contributed by atoms with Gasteiger partial charge in [0.25, 0.3) is 0 Å². The number of benzene rings is 1. The predicted octanol–water partition coefficient (Wildman–Crippen LogP) is 2.63. The van der Waals surface area contributed by atoms with Gasteiger partial charge in [-0.15, -0.1) is 0 Å². The lowest BCUT2D eigenvalue weighted by molar-refractivity contribution is -0.136. The highest BCUT2D eigenvalue weighted by molar-refractivity contribution is 9.10. The molecule has 0 amide bonds. The van der Waals surface area contributed by atoms with E-state index in [0.29, 0.717) is 30.3 Å². The Morgan fingerprint density at radius 2 is 1.89 bits per heavy atom. The summed E-state index contributed by atoms with van der Waals surface area (Å²) in [5, 5.41) is 8.85. The van der Waals surface area contributed by atoms with Crippen molar-refractivity contribution in [2.24, 2.45) is 5.41 Å². The highest BCUT2D eigenvalue weighted by Crippen LogP contribution is 2.49. The highest BCUT2D eigenvalue weighted by atomic mass is 79.9. The van der Waals surface area contributed by atoms with Crippen molar-refractivity contribution in [3.63, 3.8) is 0 Å². The highest BCUT2D eigenvalue weighted by Gasteiger charge is 2.46. The Kier molecular flexibility index (Phi) is 2.73. The number of halogens is 1. The first-order valence-electron chi connectivity index (χ1n) is 5.88. The monoisotopic (exact) mass is 312 g/mol. The SMILES string of the molecule is O=C(O)Cc1cc2c(cc1Br)OCC1(CC1)CO2. The summed E-state index contributed by atoms with van der Waals surface area (Å²) in [7, 11) is 0. The molecule has 0 radical (unpaired) electrons. The normalized spacial score (nSPS) is 19.4. The fourth-order valence-corrected chi connectivity index (χ4v) is 2.53. The predicted molar refractivity (Wildman–Crippen MR) is 68.1 cm³/mol. The van der Waals surface area contributed by atoms with E-state index in [1.165, 1.54) is 0 Å². The van der Waals surface area contributed by atoms with E-state index >= 15 is 0 Å². The van der Waals surface area contributed by atoms with Crippen molar-refractivity contribution in [1.29, 1.82) is 0 Å². The number of carbonyl (C=O) groups is 1. The standard InChI is InChI=1S/C13H13BrO4/c14-9-5-11-10(3-8(9)4-12(15)16)17-6-13(1-2-13)7-18-11/h3,5H,1-2,4,6-7H2,(H,15,16). The molecule has 1 aliphatic carbocycles. The molecule has 1 aliphatic heterocycles. The zero-order chi connectivity index (χ0) is 12.8. The number of hydrogen-bond acceptors (Lipinski definition) is 3. The van der Waals surface area contributed by atoms with Crippen LogP contribution in [0.5, 0.6) is 11.5 Å². The van der Waals surface area contributed by atoms with E-state index in [2.05, 4.69) is 15.9 Å². The zero-order valence-corrected chi connectivity index (χ0v) is 11.3. The van der Waals surface area contributed by atoms with E-state index in [-0.39, 0.29) is 11.8 Å². The van der Waals surface area contributed by atoms with Gasteiger partial charge >= 0.3 is 5.97 Å². The van der Waals surface area contributed by atoms with E-state index in [4.69, 9.17) is 14.6 Å². The molecule has 3 rings (SSSR count). The first-order valence-corrected chi connectivity index (χ1v) is 6.67. The maximum atomic E-state index is 10.8. The van der Waals surface area contributed by atoms with Crippen LogP contribution in [-0.2, 0) is 11.2 Å². The van der Waals surface area contributed by atoms with Crippen LogP contribution in [0.1, 0.15) is 18.4 Å². The number of hydrogen-bond donors (Lipinski definition) is 1. The fourth-order valence-electron chi connectivity index (χ4n) is 2.07. The van der Waals surface area contributed by atoms with Crippen molar-refractivity contribution >= 4 is 21.9 Å². The van der Waals surface area contributed by atoms with Crippen molar-refractivity contribution in [3.05, 3.63) is 22.2 Å². The van der Waals surface area contributed by atoms with Crippen LogP contribution in [0.25, 0.3) is 0 Å². The largest absolute Gasteiger partial charge is 0.489 e. The molecule has 0 atom stereocenters. The minimum Gasteiger partial charge on any atom is -0.489 e. The molecular weight excluding hydrogens is 300 g/mol. The molecule has 1 saturated carbocycles. The van der Waals surface area contributed by atoms with Crippen molar-refractivity contribution in [2.45, 2.75) is 19.3 Å². The average Bonchev–Trinajstić information content (AvgIpc) is 3.09. The third-order valence-corrected chi connectivity index (χ3v) is 4.22. The zero-order valence-electron chi connectivity index (χ0n) is 9.74. The molecule has 18 heavy (non-hydrogen) atoms. The lowest BCUT2D eigenvalue weighted by Crippen LogP contribution is -2.17. The Hall–Kier alpha value is -1.23. The van der Waals surface area contributed by atoms with Crippen LogP contribution in [0.3, 0.4) is 0 Å². The minimum atomic E-state index is -0.858. The number of ether oxygens (including phenoxy) is 2. The molecule has 0 aromatic heterocycles. The van der Waals surface area contributed by atoms with Gasteiger partial charge in [-0.25, -0.2) is 0 Å². The topological polar surface area (TPSA) is 55.8 Å². The van der Waals surface area contributed by atoms with Crippen LogP contribution in [0.4, 0.5) is 0 Å². The van der Waals surface area contributed by atoms with Crippen molar-refractivity contribution < 1.29 is 19.4 Å². The molecule has 2 aliphatic rings. The number of fused-ring (bicyclic) bond motifs is 1. The molecule has 1 heterocycles.